The zero-order valence-corrected chi connectivity index (χ0v) is 13.6. The van der Waals surface area contributed by atoms with E-state index in [1.165, 1.54) is 11.3 Å². The third-order valence-electron chi connectivity index (χ3n) is 3.49. The maximum Gasteiger partial charge on any atom is 0.238 e. The van der Waals surface area contributed by atoms with E-state index in [4.69, 9.17) is 5.26 Å². The molecule has 0 saturated carbocycles. The fourth-order valence-corrected chi connectivity index (χ4v) is 2.73. The first-order valence-electron chi connectivity index (χ1n) is 7.03. The van der Waals surface area contributed by atoms with E-state index in [1.807, 2.05) is 30.9 Å². The van der Waals surface area contributed by atoms with Gasteiger partial charge in [-0.2, -0.15) is 10.4 Å². The highest BCUT2D eigenvalue weighted by atomic mass is 32.1. The van der Waals surface area contributed by atoms with Crippen LogP contribution in [0.4, 0.5) is 5.00 Å². The van der Waals surface area contributed by atoms with Gasteiger partial charge in [0.1, 0.15) is 11.1 Å². The van der Waals surface area contributed by atoms with Crippen molar-refractivity contribution < 1.29 is 4.79 Å². The van der Waals surface area contributed by atoms with Crippen LogP contribution in [0.3, 0.4) is 0 Å². The number of nitrogens with one attached hydrogen (secondary N) is 2. The van der Waals surface area contributed by atoms with Crippen LogP contribution in [-0.2, 0) is 4.79 Å². The van der Waals surface area contributed by atoms with E-state index in [0.717, 1.165) is 5.56 Å². The van der Waals surface area contributed by atoms with Crippen molar-refractivity contribution in [3.8, 4) is 6.07 Å². The van der Waals surface area contributed by atoms with Crippen molar-refractivity contribution in [2.24, 2.45) is 0 Å². The average Bonchev–Trinajstić information content (AvgIpc) is 3.12. The number of aryl methyl sites for hydroxylation is 1. The Morgan fingerprint density at radius 2 is 2.32 bits per heavy atom. The Bertz CT molecular complexity index is 684. The van der Waals surface area contributed by atoms with Crippen LogP contribution in [0, 0.1) is 18.3 Å². The summed E-state index contributed by atoms with van der Waals surface area (Å²) in [5.41, 5.74) is 1.60. The summed E-state index contributed by atoms with van der Waals surface area (Å²) in [5.74, 6) is -0.158. The molecular formula is C15H19N5OS. The molecule has 0 aliphatic rings. The number of nitrogens with zero attached hydrogens (tertiary/aromatic N) is 3. The first kappa shape index (κ1) is 16.2. The molecule has 0 aliphatic heterocycles. The van der Waals surface area contributed by atoms with Gasteiger partial charge in [-0.3, -0.25) is 9.48 Å². The van der Waals surface area contributed by atoms with E-state index in [-0.39, 0.29) is 24.5 Å². The summed E-state index contributed by atoms with van der Waals surface area (Å²) >= 11 is 1.35. The molecule has 0 spiro atoms. The highest BCUT2D eigenvalue weighted by molar-refractivity contribution is 7.14. The second-order valence-corrected chi connectivity index (χ2v) is 6.15. The summed E-state index contributed by atoms with van der Waals surface area (Å²) in [6, 6.07) is 3.97. The number of aromatic nitrogens is 2. The molecule has 0 aliphatic carbocycles. The Hall–Kier alpha value is -2.17. The van der Waals surface area contributed by atoms with Gasteiger partial charge in [-0.25, -0.2) is 0 Å². The maximum absolute atomic E-state index is 11.9. The van der Waals surface area contributed by atoms with Crippen LogP contribution in [0.25, 0.3) is 0 Å². The van der Waals surface area contributed by atoms with Crippen LogP contribution in [0.1, 0.15) is 31.0 Å². The van der Waals surface area contributed by atoms with Crippen LogP contribution in [0.15, 0.2) is 23.8 Å². The predicted octanol–water partition coefficient (Wildman–Crippen LogP) is 2.30. The number of rotatable bonds is 6. The molecule has 7 heteroatoms. The van der Waals surface area contributed by atoms with Gasteiger partial charge in [0, 0.05) is 12.2 Å². The van der Waals surface area contributed by atoms with Gasteiger partial charge in [0.15, 0.2) is 0 Å². The molecular weight excluding hydrogens is 298 g/mol. The van der Waals surface area contributed by atoms with E-state index in [9.17, 15) is 4.79 Å². The molecule has 2 aromatic heterocycles. The second-order valence-electron chi connectivity index (χ2n) is 5.23. The van der Waals surface area contributed by atoms with Crippen molar-refractivity contribution in [1.29, 1.82) is 5.26 Å². The fourth-order valence-electron chi connectivity index (χ4n) is 1.97. The van der Waals surface area contributed by atoms with Crippen LogP contribution < -0.4 is 10.6 Å². The van der Waals surface area contributed by atoms with Gasteiger partial charge in [0.2, 0.25) is 5.91 Å². The van der Waals surface area contributed by atoms with Gasteiger partial charge < -0.3 is 10.6 Å². The Kier molecular flexibility index (Phi) is 5.31. The molecule has 0 aromatic carbocycles. The minimum Gasteiger partial charge on any atom is -0.315 e. The fraction of sp³-hybridized carbons (Fsp3) is 0.400. The lowest BCUT2D eigenvalue weighted by molar-refractivity contribution is -0.115. The smallest absolute Gasteiger partial charge is 0.238 e. The summed E-state index contributed by atoms with van der Waals surface area (Å²) < 4.78 is 1.89. The number of hydrogen-bond donors (Lipinski definition) is 2. The monoisotopic (exact) mass is 317 g/mol. The lowest BCUT2D eigenvalue weighted by atomic mass is 10.2. The first-order valence-corrected chi connectivity index (χ1v) is 7.90. The SMILES string of the molecule is Cc1cnn([C@@H](C)[C@@H](C)NCC(=O)Nc2sccc2C#N)c1. The standard InChI is InChI=1S/C15H19N5OS/c1-10-7-18-20(9-10)12(3)11(2)17-8-14(21)19-15-13(6-16)4-5-22-15/h4-5,7,9,11-12,17H,8H2,1-3H3,(H,19,21)/t11-,12+/m1/s1. The minimum atomic E-state index is -0.158. The van der Waals surface area contributed by atoms with Gasteiger partial charge in [-0.15, -0.1) is 11.3 Å². The van der Waals surface area contributed by atoms with Crippen LogP contribution in [0.5, 0.6) is 0 Å². The zero-order chi connectivity index (χ0) is 16.1. The summed E-state index contributed by atoms with van der Waals surface area (Å²) in [5, 5.41) is 21.5. The summed E-state index contributed by atoms with van der Waals surface area (Å²) in [6.45, 7) is 6.25. The van der Waals surface area contributed by atoms with E-state index in [2.05, 4.69) is 28.7 Å². The Morgan fingerprint density at radius 1 is 1.55 bits per heavy atom. The number of carbonyl (C=O) groups is 1. The number of hydrogen-bond acceptors (Lipinski definition) is 5. The molecule has 0 saturated heterocycles. The van der Waals surface area contributed by atoms with Crippen LogP contribution in [-0.4, -0.2) is 28.3 Å². The molecule has 0 radical (unpaired) electrons. The van der Waals surface area contributed by atoms with Gasteiger partial charge in [0.05, 0.1) is 24.3 Å². The summed E-state index contributed by atoms with van der Waals surface area (Å²) in [6.07, 6.45) is 3.80. The van der Waals surface area contributed by atoms with E-state index in [0.29, 0.717) is 10.6 Å². The van der Waals surface area contributed by atoms with Gasteiger partial charge in [0.25, 0.3) is 0 Å². The Balaban J connectivity index is 1.84. The lowest BCUT2D eigenvalue weighted by Crippen LogP contribution is -2.39. The van der Waals surface area contributed by atoms with Crippen molar-refractivity contribution in [2.75, 3.05) is 11.9 Å². The summed E-state index contributed by atoms with van der Waals surface area (Å²) in [4.78, 5) is 11.9. The Morgan fingerprint density at radius 3 is 2.95 bits per heavy atom. The minimum absolute atomic E-state index is 0.0869. The molecule has 2 heterocycles. The van der Waals surface area contributed by atoms with E-state index >= 15 is 0 Å². The normalized spacial score (nSPS) is 13.4. The largest absolute Gasteiger partial charge is 0.315 e. The Labute approximate surface area is 133 Å². The first-order chi connectivity index (χ1) is 10.5. The molecule has 116 valence electrons. The highest BCUT2D eigenvalue weighted by Gasteiger charge is 2.16. The molecule has 0 bridgehead atoms. The van der Waals surface area contributed by atoms with Crippen molar-refractivity contribution in [1.82, 2.24) is 15.1 Å². The molecule has 22 heavy (non-hydrogen) atoms. The third-order valence-corrected chi connectivity index (χ3v) is 4.32. The van der Waals surface area contributed by atoms with E-state index in [1.54, 1.807) is 11.4 Å². The van der Waals surface area contributed by atoms with Gasteiger partial charge in [-0.05, 0) is 37.8 Å². The van der Waals surface area contributed by atoms with Gasteiger partial charge in [-0.1, -0.05) is 0 Å². The molecule has 1 amide bonds. The molecule has 2 aromatic rings. The number of nitriles is 1. The van der Waals surface area contributed by atoms with Crippen molar-refractivity contribution in [2.45, 2.75) is 32.9 Å². The molecule has 2 N–H and O–H groups in total. The van der Waals surface area contributed by atoms with Gasteiger partial charge >= 0.3 is 0 Å². The molecule has 2 atom stereocenters. The number of amides is 1. The average molecular weight is 317 g/mol. The van der Waals surface area contributed by atoms with Crippen LogP contribution >= 0.6 is 11.3 Å². The molecule has 0 fully saturated rings. The number of thiophene rings is 1. The molecule has 2 rings (SSSR count). The second kappa shape index (κ2) is 7.20. The number of anilines is 1. The zero-order valence-electron chi connectivity index (χ0n) is 12.8. The van der Waals surface area contributed by atoms with Crippen molar-refractivity contribution in [3.05, 3.63) is 35.0 Å². The quantitative estimate of drug-likeness (QED) is 0.856. The van der Waals surface area contributed by atoms with Crippen molar-refractivity contribution in [3.63, 3.8) is 0 Å². The number of carbonyl (C=O) groups excluding carboxylic acids is 1. The molecule has 0 unspecified atom stereocenters. The topological polar surface area (TPSA) is 82.7 Å². The maximum atomic E-state index is 11.9. The summed E-state index contributed by atoms with van der Waals surface area (Å²) in [7, 11) is 0. The highest BCUT2D eigenvalue weighted by Crippen LogP contribution is 2.21. The third kappa shape index (κ3) is 3.93. The van der Waals surface area contributed by atoms with E-state index < -0.39 is 0 Å². The van der Waals surface area contributed by atoms with Crippen molar-refractivity contribution >= 4 is 22.2 Å². The lowest BCUT2D eigenvalue weighted by Gasteiger charge is -2.21. The molecule has 6 nitrogen and oxygen atoms in total. The van der Waals surface area contributed by atoms with Crippen LogP contribution in [0.2, 0.25) is 0 Å². The predicted molar refractivity (Wildman–Crippen MR) is 86.8 cm³/mol.